The van der Waals surface area contributed by atoms with Crippen LogP contribution >= 0.6 is 0 Å². The number of β-amino-alcohol motifs (C(OH)–C–C–N with tert-alkyl or cyclic N) is 1. The van der Waals surface area contributed by atoms with Crippen molar-refractivity contribution >= 4 is 15.7 Å². The Hall–Kier alpha value is -1.18. The van der Waals surface area contributed by atoms with E-state index in [1.54, 1.807) is 0 Å². The van der Waals surface area contributed by atoms with Gasteiger partial charge in [-0.2, -0.15) is 4.31 Å². The Morgan fingerprint density at radius 2 is 2.11 bits per heavy atom. The number of nitrogen functional groups attached to an aromatic ring is 1. The minimum atomic E-state index is -3.84. The van der Waals surface area contributed by atoms with Crippen molar-refractivity contribution in [1.29, 1.82) is 0 Å². The number of sulfonamides is 1. The van der Waals surface area contributed by atoms with Gasteiger partial charge in [-0.3, -0.25) is 0 Å². The van der Waals surface area contributed by atoms with E-state index in [-0.39, 0.29) is 23.7 Å². The first-order valence-electron chi connectivity index (χ1n) is 6.07. The van der Waals surface area contributed by atoms with Crippen molar-refractivity contribution in [2.75, 3.05) is 18.8 Å². The van der Waals surface area contributed by atoms with E-state index < -0.39 is 21.4 Å². The summed E-state index contributed by atoms with van der Waals surface area (Å²) >= 11 is 0. The van der Waals surface area contributed by atoms with Crippen molar-refractivity contribution in [3.05, 3.63) is 24.0 Å². The van der Waals surface area contributed by atoms with Crippen LogP contribution in [0.1, 0.15) is 19.8 Å². The van der Waals surface area contributed by atoms with Gasteiger partial charge in [0.1, 0.15) is 10.7 Å². The number of anilines is 1. The van der Waals surface area contributed by atoms with Gasteiger partial charge in [0.05, 0.1) is 11.3 Å². The lowest BCUT2D eigenvalue weighted by Gasteiger charge is -2.45. The Morgan fingerprint density at radius 3 is 2.68 bits per heavy atom. The van der Waals surface area contributed by atoms with Crippen LogP contribution in [-0.4, -0.2) is 36.5 Å². The molecule has 0 saturated carbocycles. The average Bonchev–Trinajstić information content (AvgIpc) is 2.29. The number of rotatable bonds is 4. The van der Waals surface area contributed by atoms with Crippen LogP contribution in [0, 0.1) is 5.82 Å². The molecule has 1 fully saturated rings. The predicted octanol–water partition coefficient (Wildman–Crippen LogP) is 0.943. The Balaban J connectivity index is 2.24. The van der Waals surface area contributed by atoms with Crippen LogP contribution in [0.2, 0.25) is 0 Å². The first-order valence-corrected chi connectivity index (χ1v) is 7.51. The summed E-state index contributed by atoms with van der Waals surface area (Å²) in [5, 5.41) is 10.0. The van der Waals surface area contributed by atoms with E-state index in [2.05, 4.69) is 0 Å². The van der Waals surface area contributed by atoms with Crippen LogP contribution in [0.4, 0.5) is 10.1 Å². The van der Waals surface area contributed by atoms with Crippen molar-refractivity contribution in [2.24, 2.45) is 0 Å². The molecule has 0 bridgehead atoms. The van der Waals surface area contributed by atoms with Crippen LogP contribution < -0.4 is 5.73 Å². The van der Waals surface area contributed by atoms with Gasteiger partial charge in [-0.05, 0) is 18.6 Å². The second-order valence-corrected chi connectivity index (χ2v) is 6.81. The molecule has 1 saturated heterocycles. The number of hydrogen-bond donors (Lipinski definition) is 2. The third-order valence-electron chi connectivity index (χ3n) is 3.29. The van der Waals surface area contributed by atoms with Gasteiger partial charge >= 0.3 is 0 Å². The molecule has 106 valence electrons. The highest BCUT2D eigenvalue weighted by Gasteiger charge is 2.47. The minimum Gasteiger partial charge on any atom is -0.395 e. The number of nitrogens with zero attached hydrogens (tertiary/aromatic N) is 1. The third kappa shape index (κ3) is 2.45. The first kappa shape index (κ1) is 14.2. The molecule has 5 nitrogen and oxygen atoms in total. The van der Waals surface area contributed by atoms with Crippen molar-refractivity contribution in [3.8, 4) is 0 Å². The van der Waals surface area contributed by atoms with E-state index in [1.165, 1.54) is 12.1 Å². The Labute approximate surface area is 111 Å². The molecule has 19 heavy (non-hydrogen) atoms. The fourth-order valence-electron chi connectivity index (χ4n) is 2.28. The molecule has 0 amide bonds. The summed E-state index contributed by atoms with van der Waals surface area (Å²) in [4.78, 5) is -0.244. The summed E-state index contributed by atoms with van der Waals surface area (Å²) in [5.74, 6) is -0.759. The topological polar surface area (TPSA) is 83.6 Å². The highest BCUT2D eigenvalue weighted by Crippen LogP contribution is 2.33. The molecule has 0 spiro atoms. The number of hydrogen-bond acceptors (Lipinski definition) is 4. The molecule has 0 radical (unpaired) electrons. The van der Waals surface area contributed by atoms with E-state index in [1.807, 2.05) is 6.92 Å². The number of para-hydroxylation sites is 1. The van der Waals surface area contributed by atoms with Gasteiger partial charge in [0.25, 0.3) is 0 Å². The Morgan fingerprint density at radius 1 is 1.47 bits per heavy atom. The molecule has 1 aliphatic heterocycles. The van der Waals surface area contributed by atoms with Crippen molar-refractivity contribution < 1.29 is 17.9 Å². The smallest absolute Gasteiger partial charge is 0.245 e. The molecular formula is C12H17FN2O3S. The van der Waals surface area contributed by atoms with E-state index >= 15 is 0 Å². The standard InChI is InChI=1S/C12H17FN2O3S/c1-2-6-12(16)7-15(8-12)19(17,18)10-5-3-4-9(13)11(10)14/h3-5,16H,2,6-8,14H2,1H3. The van der Waals surface area contributed by atoms with Crippen LogP contribution in [0.3, 0.4) is 0 Å². The Kier molecular flexibility index (Phi) is 3.55. The molecule has 2 rings (SSSR count). The lowest BCUT2D eigenvalue weighted by atomic mass is 9.92. The van der Waals surface area contributed by atoms with Gasteiger partial charge in [-0.1, -0.05) is 19.4 Å². The molecule has 1 aromatic carbocycles. The average molecular weight is 288 g/mol. The van der Waals surface area contributed by atoms with Crippen LogP contribution in [0.5, 0.6) is 0 Å². The summed E-state index contributed by atoms with van der Waals surface area (Å²) in [7, 11) is -3.84. The third-order valence-corrected chi connectivity index (χ3v) is 5.14. The van der Waals surface area contributed by atoms with Crippen molar-refractivity contribution in [3.63, 3.8) is 0 Å². The lowest BCUT2D eigenvalue weighted by molar-refractivity contribution is -0.0653. The fourth-order valence-corrected chi connectivity index (χ4v) is 4.01. The largest absolute Gasteiger partial charge is 0.395 e. The van der Waals surface area contributed by atoms with Gasteiger partial charge in [0, 0.05) is 13.1 Å². The maximum Gasteiger partial charge on any atom is 0.245 e. The molecule has 0 aromatic heterocycles. The van der Waals surface area contributed by atoms with Crippen LogP contribution in [-0.2, 0) is 10.0 Å². The van der Waals surface area contributed by atoms with E-state index in [9.17, 15) is 17.9 Å². The monoisotopic (exact) mass is 288 g/mol. The second kappa shape index (κ2) is 4.73. The zero-order valence-electron chi connectivity index (χ0n) is 10.6. The summed E-state index contributed by atoms with van der Waals surface area (Å²) in [5.41, 5.74) is 4.12. The lowest BCUT2D eigenvalue weighted by Crippen LogP contribution is -2.63. The molecule has 0 unspecified atom stereocenters. The maximum absolute atomic E-state index is 13.3. The van der Waals surface area contributed by atoms with Gasteiger partial charge in [-0.25, -0.2) is 12.8 Å². The predicted molar refractivity (Wildman–Crippen MR) is 69.4 cm³/mol. The maximum atomic E-state index is 13.3. The summed E-state index contributed by atoms with van der Waals surface area (Å²) < 4.78 is 38.9. The van der Waals surface area contributed by atoms with Crippen LogP contribution in [0.15, 0.2) is 23.1 Å². The van der Waals surface area contributed by atoms with Gasteiger partial charge in [-0.15, -0.1) is 0 Å². The quantitative estimate of drug-likeness (QED) is 0.808. The molecule has 3 N–H and O–H groups in total. The first-order chi connectivity index (χ1) is 8.80. The van der Waals surface area contributed by atoms with E-state index in [0.717, 1.165) is 16.8 Å². The molecule has 0 atom stereocenters. The highest BCUT2D eigenvalue weighted by molar-refractivity contribution is 7.89. The van der Waals surface area contributed by atoms with E-state index in [4.69, 9.17) is 5.73 Å². The molecule has 0 aliphatic carbocycles. The number of nitrogens with two attached hydrogens (primary N) is 1. The van der Waals surface area contributed by atoms with Crippen molar-refractivity contribution in [2.45, 2.75) is 30.3 Å². The molecule has 1 aromatic rings. The van der Waals surface area contributed by atoms with Crippen LogP contribution in [0.25, 0.3) is 0 Å². The van der Waals surface area contributed by atoms with Crippen molar-refractivity contribution in [1.82, 2.24) is 4.31 Å². The zero-order valence-corrected chi connectivity index (χ0v) is 11.5. The fraction of sp³-hybridized carbons (Fsp3) is 0.500. The minimum absolute atomic E-state index is 0.0269. The second-order valence-electron chi connectivity index (χ2n) is 4.90. The highest BCUT2D eigenvalue weighted by atomic mass is 32.2. The number of aliphatic hydroxyl groups is 1. The summed E-state index contributed by atoms with van der Waals surface area (Å²) in [6.45, 7) is 1.97. The molecule has 1 heterocycles. The zero-order chi connectivity index (χ0) is 14.3. The SMILES string of the molecule is CCCC1(O)CN(S(=O)(=O)c2cccc(F)c2N)C1. The number of benzene rings is 1. The van der Waals surface area contributed by atoms with Gasteiger partial charge in [0.2, 0.25) is 10.0 Å². The van der Waals surface area contributed by atoms with E-state index in [0.29, 0.717) is 6.42 Å². The summed E-state index contributed by atoms with van der Waals surface area (Å²) in [6.07, 6.45) is 1.31. The van der Waals surface area contributed by atoms with Gasteiger partial charge < -0.3 is 10.8 Å². The summed E-state index contributed by atoms with van der Waals surface area (Å²) in [6, 6.07) is 3.68. The van der Waals surface area contributed by atoms with Gasteiger partial charge in [0.15, 0.2) is 0 Å². The molecular weight excluding hydrogens is 271 g/mol. The molecule has 7 heteroatoms. The number of halogens is 1. The normalized spacial score (nSPS) is 19.1. The molecule has 1 aliphatic rings. The Bertz CT molecular complexity index is 583.